The minimum absolute atomic E-state index is 0.0537. The summed E-state index contributed by atoms with van der Waals surface area (Å²) in [6, 6.07) is 15.9. The Balaban J connectivity index is 1.37. The van der Waals surface area contributed by atoms with E-state index in [0.29, 0.717) is 11.1 Å². The number of ether oxygens (including phenoxy) is 1. The summed E-state index contributed by atoms with van der Waals surface area (Å²) in [6.45, 7) is 1.71. The lowest BCUT2D eigenvalue weighted by atomic mass is 10.1. The van der Waals surface area contributed by atoms with Crippen LogP contribution in [0.1, 0.15) is 45.7 Å². The number of esters is 1. The van der Waals surface area contributed by atoms with Gasteiger partial charge in [0.25, 0.3) is 11.8 Å². The zero-order valence-corrected chi connectivity index (χ0v) is 15.9. The number of fused-ring (bicyclic) bond motifs is 1. The molecule has 0 aliphatic carbocycles. The van der Waals surface area contributed by atoms with Crippen molar-refractivity contribution in [3.05, 3.63) is 71.3 Å². The summed E-state index contributed by atoms with van der Waals surface area (Å²) in [7, 11) is 0. The predicted molar refractivity (Wildman–Crippen MR) is 103 cm³/mol. The molecule has 0 saturated carbocycles. The number of carbonyl (C=O) groups is 4. The van der Waals surface area contributed by atoms with Crippen LogP contribution in [-0.4, -0.2) is 46.8 Å². The molecule has 7 heteroatoms. The first-order valence-corrected chi connectivity index (χ1v) is 9.43. The van der Waals surface area contributed by atoms with Crippen molar-refractivity contribution in [2.24, 2.45) is 5.92 Å². The van der Waals surface area contributed by atoms with Crippen LogP contribution in [0, 0.1) is 5.92 Å². The third-order valence-corrected chi connectivity index (χ3v) is 5.46. The number of carbonyl (C=O) groups excluding carboxylic acids is 4. The van der Waals surface area contributed by atoms with E-state index < -0.39 is 30.4 Å². The molecule has 1 fully saturated rings. The van der Waals surface area contributed by atoms with Crippen molar-refractivity contribution in [2.45, 2.75) is 19.4 Å². The minimum Gasteiger partial charge on any atom is -0.443 e. The summed E-state index contributed by atoms with van der Waals surface area (Å²) in [5.74, 6) is -2.30. The van der Waals surface area contributed by atoms with Gasteiger partial charge in [-0.05, 0) is 24.6 Å². The van der Waals surface area contributed by atoms with Crippen LogP contribution in [0.4, 0.5) is 0 Å². The summed E-state index contributed by atoms with van der Waals surface area (Å²) < 4.78 is 5.23. The fraction of sp³-hybridized carbons (Fsp3) is 0.273. The molecule has 148 valence electrons. The number of amides is 3. The van der Waals surface area contributed by atoms with Gasteiger partial charge in [-0.2, -0.15) is 0 Å². The molecule has 0 unspecified atom stereocenters. The van der Waals surface area contributed by atoms with Crippen LogP contribution in [0.15, 0.2) is 54.6 Å². The summed E-state index contributed by atoms with van der Waals surface area (Å²) in [6.07, 6.45) is 0.0537. The molecule has 0 N–H and O–H groups in total. The monoisotopic (exact) mass is 392 g/mol. The van der Waals surface area contributed by atoms with Crippen molar-refractivity contribution < 1.29 is 23.9 Å². The highest BCUT2D eigenvalue weighted by atomic mass is 16.5. The molecular weight excluding hydrogens is 372 g/mol. The van der Waals surface area contributed by atoms with Gasteiger partial charge in [-0.1, -0.05) is 42.5 Å². The van der Waals surface area contributed by atoms with Crippen LogP contribution >= 0.6 is 0 Å². The topological polar surface area (TPSA) is 84.0 Å². The number of benzene rings is 2. The van der Waals surface area contributed by atoms with Gasteiger partial charge in [0.15, 0.2) is 6.73 Å². The third kappa shape index (κ3) is 3.40. The lowest BCUT2D eigenvalue weighted by molar-refractivity contribution is -0.151. The van der Waals surface area contributed by atoms with Gasteiger partial charge in [0.2, 0.25) is 5.91 Å². The van der Waals surface area contributed by atoms with Gasteiger partial charge in [-0.3, -0.25) is 19.2 Å². The Morgan fingerprint density at radius 1 is 1.00 bits per heavy atom. The lowest BCUT2D eigenvalue weighted by Crippen LogP contribution is -2.35. The lowest BCUT2D eigenvalue weighted by Gasteiger charge is -2.25. The zero-order chi connectivity index (χ0) is 20.5. The standard InChI is InChI=1S/C22H20N2O5/c1-14(15-7-3-2-4-8-15)23-12-16(11-19(23)25)22(28)29-13-24-20(26)17-9-5-6-10-18(17)21(24)27/h2-10,14,16H,11-13H2,1H3/t14-,16-/m0/s1. The van der Waals surface area contributed by atoms with Crippen LogP contribution in [0.25, 0.3) is 0 Å². The Morgan fingerprint density at radius 3 is 2.21 bits per heavy atom. The Bertz CT molecular complexity index is 953. The Morgan fingerprint density at radius 2 is 1.59 bits per heavy atom. The van der Waals surface area contributed by atoms with E-state index in [1.54, 1.807) is 29.2 Å². The quantitative estimate of drug-likeness (QED) is 0.576. The summed E-state index contributed by atoms with van der Waals surface area (Å²) in [5, 5.41) is 0. The Hall–Kier alpha value is -3.48. The molecule has 29 heavy (non-hydrogen) atoms. The maximum Gasteiger partial charge on any atom is 0.313 e. The third-order valence-electron chi connectivity index (χ3n) is 5.46. The van der Waals surface area contributed by atoms with Gasteiger partial charge in [-0.25, -0.2) is 4.90 Å². The van der Waals surface area contributed by atoms with Gasteiger partial charge in [-0.15, -0.1) is 0 Å². The second kappa shape index (κ2) is 7.50. The van der Waals surface area contributed by atoms with E-state index in [9.17, 15) is 19.2 Å². The molecule has 2 aliphatic heterocycles. The molecule has 1 saturated heterocycles. The molecule has 0 spiro atoms. The highest BCUT2D eigenvalue weighted by molar-refractivity contribution is 6.21. The Labute approximate surface area is 167 Å². The molecule has 2 aromatic rings. The molecular formula is C22H20N2O5. The van der Waals surface area contributed by atoms with Crippen LogP contribution in [0.5, 0.6) is 0 Å². The number of rotatable bonds is 5. The van der Waals surface area contributed by atoms with E-state index in [4.69, 9.17) is 4.74 Å². The second-order valence-electron chi connectivity index (χ2n) is 7.21. The van der Waals surface area contributed by atoms with E-state index in [1.807, 2.05) is 37.3 Å². The zero-order valence-electron chi connectivity index (χ0n) is 15.9. The van der Waals surface area contributed by atoms with Crippen molar-refractivity contribution >= 4 is 23.7 Å². The van der Waals surface area contributed by atoms with Crippen LogP contribution in [0.2, 0.25) is 0 Å². The number of nitrogens with zero attached hydrogens (tertiary/aromatic N) is 2. The van der Waals surface area contributed by atoms with Crippen LogP contribution < -0.4 is 0 Å². The summed E-state index contributed by atoms with van der Waals surface area (Å²) >= 11 is 0. The van der Waals surface area contributed by atoms with Crippen molar-refractivity contribution in [3.63, 3.8) is 0 Å². The van der Waals surface area contributed by atoms with Gasteiger partial charge in [0.05, 0.1) is 23.1 Å². The van der Waals surface area contributed by atoms with Crippen molar-refractivity contribution in [3.8, 4) is 0 Å². The fourth-order valence-electron chi connectivity index (χ4n) is 3.78. The van der Waals surface area contributed by atoms with E-state index in [2.05, 4.69) is 0 Å². The highest BCUT2D eigenvalue weighted by Gasteiger charge is 2.40. The van der Waals surface area contributed by atoms with E-state index in [0.717, 1.165) is 10.5 Å². The first kappa shape index (κ1) is 18.9. The largest absolute Gasteiger partial charge is 0.443 e. The van der Waals surface area contributed by atoms with E-state index in [-0.39, 0.29) is 24.9 Å². The van der Waals surface area contributed by atoms with Gasteiger partial charge < -0.3 is 9.64 Å². The predicted octanol–water partition coefficient (Wildman–Crippen LogP) is 2.39. The Kier molecular flexibility index (Phi) is 4.88. The van der Waals surface area contributed by atoms with Crippen molar-refractivity contribution in [2.75, 3.05) is 13.3 Å². The highest BCUT2D eigenvalue weighted by Crippen LogP contribution is 2.29. The second-order valence-corrected chi connectivity index (χ2v) is 7.21. The number of hydrogen-bond acceptors (Lipinski definition) is 5. The van der Waals surface area contributed by atoms with Crippen molar-refractivity contribution in [1.29, 1.82) is 0 Å². The number of likely N-dealkylation sites (tertiary alicyclic amines) is 1. The van der Waals surface area contributed by atoms with Gasteiger partial charge in [0.1, 0.15) is 0 Å². The van der Waals surface area contributed by atoms with E-state index >= 15 is 0 Å². The molecule has 7 nitrogen and oxygen atoms in total. The molecule has 2 atom stereocenters. The first-order valence-electron chi connectivity index (χ1n) is 9.43. The average molecular weight is 392 g/mol. The number of imide groups is 1. The first-order chi connectivity index (χ1) is 14.0. The summed E-state index contributed by atoms with van der Waals surface area (Å²) in [5.41, 5.74) is 1.58. The average Bonchev–Trinajstić information content (AvgIpc) is 3.25. The van der Waals surface area contributed by atoms with E-state index in [1.165, 1.54) is 0 Å². The molecule has 2 aromatic carbocycles. The molecule has 3 amide bonds. The maximum absolute atomic E-state index is 12.5. The summed E-state index contributed by atoms with van der Waals surface area (Å²) in [4.78, 5) is 52.2. The van der Waals surface area contributed by atoms with Crippen LogP contribution in [-0.2, 0) is 14.3 Å². The molecule has 2 heterocycles. The molecule has 4 rings (SSSR count). The normalized spacial score (nSPS) is 19.5. The minimum atomic E-state index is -0.621. The molecule has 2 aliphatic rings. The SMILES string of the molecule is C[C@@H](c1ccccc1)N1C[C@@H](C(=O)OCN2C(=O)c3ccccc3C2=O)CC1=O. The van der Waals surface area contributed by atoms with Crippen LogP contribution in [0.3, 0.4) is 0 Å². The number of hydrogen-bond donors (Lipinski definition) is 0. The fourth-order valence-corrected chi connectivity index (χ4v) is 3.78. The smallest absolute Gasteiger partial charge is 0.313 e. The van der Waals surface area contributed by atoms with Gasteiger partial charge >= 0.3 is 5.97 Å². The van der Waals surface area contributed by atoms with Crippen molar-refractivity contribution in [1.82, 2.24) is 9.80 Å². The van der Waals surface area contributed by atoms with Gasteiger partial charge in [0, 0.05) is 13.0 Å². The molecule has 0 aromatic heterocycles. The molecule has 0 bridgehead atoms. The maximum atomic E-state index is 12.5. The molecule has 0 radical (unpaired) electrons.